The molecule has 1 amide bonds. The molecule has 1 aromatic carbocycles. The fourth-order valence-corrected chi connectivity index (χ4v) is 1.64. The van der Waals surface area contributed by atoms with Crippen molar-refractivity contribution in [2.45, 2.75) is 18.8 Å². The smallest absolute Gasteiger partial charge is 0.310 e. The van der Waals surface area contributed by atoms with Gasteiger partial charge in [-0.15, -0.1) is 0 Å². The van der Waals surface area contributed by atoms with E-state index in [1.807, 2.05) is 0 Å². The monoisotopic (exact) mass is 241 g/mol. The summed E-state index contributed by atoms with van der Waals surface area (Å²) in [5.41, 5.74) is 5.58. The second-order valence-electron chi connectivity index (χ2n) is 3.45. The summed E-state index contributed by atoms with van der Waals surface area (Å²) in [6.45, 7) is 0. The maximum Gasteiger partial charge on any atom is 0.310 e. The van der Waals surface area contributed by atoms with Gasteiger partial charge in [0.15, 0.2) is 0 Å². The van der Waals surface area contributed by atoms with E-state index in [1.165, 1.54) is 0 Å². The Morgan fingerprint density at radius 1 is 1.44 bits per heavy atom. The second-order valence-corrected chi connectivity index (χ2v) is 3.89. The highest BCUT2D eigenvalue weighted by Crippen LogP contribution is 2.24. The Hall–Kier alpha value is -1.55. The van der Waals surface area contributed by atoms with Crippen LogP contribution in [0.1, 0.15) is 24.3 Å². The molecule has 16 heavy (non-hydrogen) atoms. The predicted molar refractivity (Wildman–Crippen MR) is 60.3 cm³/mol. The highest BCUT2D eigenvalue weighted by atomic mass is 35.5. The first kappa shape index (κ1) is 12.5. The molecule has 0 radical (unpaired) electrons. The maximum atomic E-state index is 11.0. The molecule has 0 fully saturated rings. The van der Waals surface area contributed by atoms with E-state index in [2.05, 4.69) is 0 Å². The molecule has 4 nitrogen and oxygen atoms in total. The van der Waals surface area contributed by atoms with Crippen molar-refractivity contribution in [1.82, 2.24) is 0 Å². The summed E-state index contributed by atoms with van der Waals surface area (Å²) in [5, 5.41) is 9.51. The van der Waals surface area contributed by atoms with E-state index < -0.39 is 17.8 Å². The van der Waals surface area contributed by atoms with E-state index in [1.54, 1.807) is 24.3 Å². The van der Waals surface area contributed by atoms with Crippen molar-refractivity contribution in [3.63, 3.8) is 0 Å². The molecule has 0 aliphatic heterocycles. The molecular weight excluding hydrogens is 230 g/mol. The van der Waals surface area contributed by atoms with Crippen LogP contribution in [0.25, 0.3) is 0 Å². The number of aliphatic carboxylic acids is 1. The Labute approximate surface area is 98.0 Å². The highest BCUT2D eigenvalue weighted by molar-refractivity contribution is 6.30. The summed E-state index contributed by atoms with van der Waals surface area (Å²) < 4.78 is 0. The maximum absolute atomic E-state index is 11.0. The molecular formula is C11H12ClNO3. The lowest BCUT2D eigenvalue weighted by atomic mass is 9.94. The third-order valence-corrected chi connectivity index (χ3v) is 2.46. The first-order valence-electron chi connectivity index (χ1n) is 4.77. The quantitative estimate of drug-likeness (QED) is 0.825. The lowest BCUT2D eigenvalue weighted by molar-refractivity contribution is -0.139. The standard InChI is InChI=1S/C11H12ClNO3/c12-8-3-1-2-7(6-8)9(11(15)16)4-5-10(13)14/h1-3,6,9H,4-5H2,(H2,13,14)(H,15,16). The summed E-state index contributed by atoms with van der Waals surface area (Å²) in [4.78, 5) is 21.7. The zero-order valence-corrected chi connectivity index (χ0v) is 9.28. The van der Waals surface area contributed by atoms with Crippen molar-refractivity contribution in [2.75, 3.05) is 0 Å². The van der Waals surface area contributed by atoms with Gasteiger partial charge in [-0.05, 0) is 24.1 Å². The van der Waals surface area contributed by atoms with Crippen LogP contribution in [-0.4, -0.2) is 17.0 Å². The molecule has 0 bridgehead atoms. The summed E-state index contributed by atoms with van der Waals surface area (Å²) >= 11 is 5.77. The number of carboxylic acid groups (broad SMARTS) is 1. The lowest BCUT2D eigenvalue weighted by Crippen LogP contribution is -2.16. The number of nitrogens with two attached hydrogens (primary N) is 1. The van der Waals surface area contributed by atoms with Gasteiger partial charge in [0.05, 0.1) is 5.92 Å². The van der Waals surface area contributed by atoms with Gasteiger partial charge in [0.1, 0.15) is 0 Å². The largest absolute Gasteiger partial charge is 0.481 e. The minimum absolute atomic E-state index is 0.0451. The molecule has 0 aliphatic carbocycles. The second kappa shape index (κ2) is 5.51. The number of halogens is 1. The number of carboxylic acids is 1. The average molecular weight is 242 g/mol. The van der Waals surface area contributed by atoms with Crippen LogP contribution < -0.4 is 5.73 Å². The Balaban J connectivity index is 2.85. The van der Waals surface area contributed by atoms with Crippen LogP contribution >= 0.6 is 11.6 Å². The van der Waals surface area contributed by atoms with Gasteiger partial charge < -0.3 is 10.8 Å². The Morgan fingerprint density at radius 3 is 2.62 bits per heavy atom. The molecule has 86 valence electrons. The Kier molecular flexibility index (Phi) is 4.31. The van der Waals surface area contributed by atoms with Crippen LogP contribution in [0.2, 0.25) is 5.02 Å². The molecule has 1 atom stereocenters. The number of amides is 1. The number of rotatable bonds is 5. The van der Waals surface area contributed by atoms with Crippen molar-refractivity contribution in [1.29, 1.82) is 0 Å². The molecule has 0 saturated heterocycles. The molecule has 0 heterocycles. The molecule has 0 aliphatic rings. The SMILES string of the molecule is NC(=O)CCC(C(=O)O)c1cccc(Cl)c1. The van der Waals surface area contributed by atoms with Gasteiger partial charge in [-0.2, -0.15) is 0 Å². The first-order chi connectivity index (χ1) is 7.50. The van der Waals surface area contributed by atoms with Crippen LogP contribution in [0.15, 0.2) is 24.3 Å². The normalized spacial score (nSPS) is 12.1. The van der Waals surface area contributed by atoms with E-state index in [0.29, 0.717) is 10.6 Å². The third-order valence-electron chi connectivity index (χ3n) is 2.23. The van der Waals surface area contributed by atoms with E-state index in [9.17, 15) is 9.59 Å². The van der Waals surface area contributed by atoms with Crippen molar-refractivity contribution in [3.05, 3.63) is 34.9 Å². The van der Waals surface area contributed by atoms with Crippen LogP contribution in [0.3, 0.4) is 0 Å². The number of hydrogen-bond donors (Lipinski definition) is 2. The van der Waals surface area contributed by atoms with Gasteiger partial charge in [-0.1, -0.05) is 23.7 Å². The zero-order chi connectivity index (χ0) is 12.1. The van der Waals surface area contributed by atoms with Crippen LogP contribution in [0.5, 0.6) is 0 Å². The minimum Gasteiger partial charge on any atom is -0.481 e. The van der Waals surface area contributed by atoms with Gasteiger partial charge in [0.25, 0.3) is 0 Å². The molecule has 3 N–H and O–H groups in total. The third kappa shape index (κ3) is 3.55. The van der Waals surface area contributed by atoms with E-state index in [0.717, 1.165) is 0 Å². The van der Waals surface area contributed by atoms with Crippen molar-refractivity contribution < 1.29 is 14.7 Å². The topological polar surface area (TPSA) is 80.4 Å². The highest BCUT2D eigenvalue weighted by Gasteiger charge is 2.20. The zero-order valence-electron chi connectivity index (χ0n) is 8.52. The number of carbonyl (C=O) groups is 2. The minimum atomic E-state index is -0.983. The van der Waals surface area contributed by atoms with E-state index in [-0.39, 0.29) is 12.8 Å². The predicted octanol–water partition coefficient (Wildman–Crippen LogP) is 1.77. The van der Waals surface area contributed by atoms with Crippen molar-refractivity contribution >= 4 is 23.5 Å². The van der Waals surface area contributed by atoms with Gasteiger partial charge in [0, 0.05) is 11.4 Å². The molecule has 0 spiro atoms. The first-order valence-corrected chi connectivity index (χ1v) is 5.15. The fraction of sp³-hybridized carbons (Fsp3) is 0.273. The number of primary amides is 1. The lowest BCUT2D eigenvalue weighted by Gasteiger charge is -2.11. The molecule has 0 aromatic heterocycles. The van der Waals surface area contributed by atoms with Gasteiger partial charge in [-0.3, -0.25) is 9.59 Å². The van der Waals surface area contributed by atoms with E-state index >= 15 is 0 Å². The van der Waals surface area contributed by atoms with Gasteiger partial charge >= 0.3 is 5.97 Å². The number of benzene rings is 1. The van der Waals surface area contributed by atoms with Gasteiger partial charge in [-0.25, -0.2) is 0 Å². The van der Waals surface area contributed by atoms with Crippen LogP contribution in [-0.2, 0) is 9.59 Å². The van der Waals surface area contributed by atoms with Crippen molar-refractivity contribution in [3.8, 4) is 0 Å². The molecule has 5 heteroatoms. The molecule has 1 rings (SSSR count). The molecule has 1 aromatic rings. The fourth-order valence-electron chi connectivity index (χ4n) is 1.44. The van der Waals surface area contributed by atoms with E-state index in [4.69, 9.17) is 22.4 Å². The van der Waals surface area contributed by atoms with Gasteiger partial charge in [0.2, 0.25) is 5.91 Å². The van der Waals surface area contributed by atoms with Crippen molar-refractivity contribution in [2.24, 2.45) is 5.73 Å². The number of carbonyl (C=O) groups excluding carboxylic acids is 1. The van der Waals surface area contributed by atoms with Crippen LogP contribution in [0.4, 0.5) is 0 Å². The van der Waals surface area contributed by atoms with Crippen LogP contribution in [0, 0.1) is 0 Å². The summed E-state index contributed by atoms with van der Waals surface area (Å²) in [6.07, 6.45) is 0.231. The number of hydrogen-bond acceptors (Lipinski definition) is 2. The Morgan fingerprint density at radius 2 is 2.12 bits per heavy atom. The summed E-state index contributed by atoms with van der Waals surface area (Å²) in [5.74, 6) is -2.23. The molecule has 0 saturated carbocycles. The summed E-state index contributed by atoms with van der Waals surface area (Å²) in [7, 11) is 0. The Bertz CT molecular complexity index is 406. The average Bonchev–Trinajstić information content (AvgIpc) is 2.17. The molecule has 1 unspecified atom stereocenters. The summed E-state index contributed by atoms with van der Waals surface area (Å²) in [6, 6.07) is 6.60.